The van der Waals surface area contributed by atoms with Crippen molar-refractivity contribution < 1.29 is 9.84 Å². The minimum Gasteiger partial charge on any atom is -0.493 e. The Morgan fingerprint density at radius 2 is 1.94 bits per heavy atom. The van der Waals surface area contributed by atoms with E-state index in [1.165, 1.54) is 10.3 Å². The molecule has 2 aromatic heterocycles. The summed E-state index contributed by atoms with van der Waals surface area (Å²) in [6.07, 6.45) is 3.00. The second-order valence-corrected chi connectivity index (χ2v) is 9.87. The Bertz CT molecular complexity index is 1340. The van der Waals surface area contributed by atoms with E-state index in [1.807, 2.05) is 47.2 Å². The van der Waals surface area contributed by atoms with E-state index in [4.69, 9.17) is 16.3 Å². The van der Waals surface area contributed by atoms with E-state index < -0.39 is 0 Å². The highest BCUT2D eigenvalue weighted by atomic mass is 35.5. The molecule has 0 aliphatic carbocycles. The molecule has 0 saturated carbocycles. The van der Waals surface area contributed by atoms with Crippen molar-refractivity contribution in [2.24, 2.45) is 0 Å². The molecule has 1 atom stereocenters. The van der Waals surface area contributed by atoms with Crippen molar-refractivity contribution in [1.29, 1.82) is 0 Å². The molecule has 0 radical (unpaired) electrons. The average molecular weight is 497 g/mol. The zero-order valence-corrected chi connectivity index (χ0v) is 19.9. The van der Waals surface area contributed by atoms with Gasteiger partial charge in [0.05, 0.1) is 18.2 Å². The maximum atomic E-state index is 12.8. The standard InChI is InChI=1S/C25H21ClN2O3S2/c26-20-3-1-2-4-21(20)33-23-24(29)27-28(25(23)30)22(19-11-14-32-15-19)18-7-5-16(6-8-18)17-9-12-31-13-10-17/h1-9,11,14-15,22,30H,10,12-13H2,(H,27,29). The zero-order chi connectivity index (χ0) is 22.8. The minimum absolute atomic E-state index is 0.114. The monoisotopic (exact) mass is 496 g/mol. The van der Waals surface area contributed by atoms with Crippen LogP contribution in [0.25, 0.3) is 5.57 Å². The van der Waals surface area contributed by atoms with E-state index in [-0.39, 0.29) is 22.4 Å². The summed E-state index contributed by atoms with van der Waals surface area (Å²) in [4.78, 5) is 13.7. The maximum Gasteiger partial charge on any atom is 0.282 e. The summed E-state index contributed by atoms with van der Waals surface area (Å²) in [7, 11) is 0. The molecule has 5 nitrogen and oxygen atoms in total. The van der Waals surface area contributed by atoms with Gasteiger partial charge in [0.1, 0.15) is 10.9 Å². The first-order valence-electron chi connectivity index (χ1n) is 10.5. The second kappa shape index (κ2) is 9.65. The number of aromatic nitrogens is 2. The number of halogens is 1. The highest BCUT2D eigenvalue weighted by Crippen LogP contribution is 2.39. The summed E-state index contributed by atoms with van der Waals surface area (Å²) in [5.41, 5.74) is 4.01. The fraction of sp³-hybridized carbons (Fsp3) is 0.160. The molecule has 3 heterocycles. The Balaban J connectivity index is 1.54. The number of thiophene rings is 1. The third kappa shape index (κ3) is 4.54. The van der Waals surface area contributed by atoms with Crippen molar-refractivity contribution in [3.05, 3.63) is 104 Å². The number of rotatable bonds is 6. The van der Waals surface area contributed by atoms with Gasteiger partial charge in [-0.25, -0.2) is 4.68 Å². The predicted octanol–water partition coefficient (Wildman–Crippen LogP) is 6.19. The van der Waals surface area contributed by atoms with E-state index >= 15 is 0 Å². The van der Waals surface area contributed by atoms with E-state index in [2.05, 4.69) is 23.3 Å². The SMILES string of the molecule is O=c1[nH]n(C(c2ccc(C3=CCOCC3)cc2)c2ccsc2)c(O)c1Sc1ccccc1Cl. The number of ether oxygens (including phenoxy) is 1. The van der Waals surface area contributed by atoms with Gasteiger partial charge in [-0.15, -0.1) is 0 Å². The Morgan fingerprint density at radius 3 is 2.64 bits per heavy atom. The van der Waals surface area contributed by atoms with Crippen LogP contribution in [0.2, 0.25) is 5.02 Å². The number of aromatic amines is 1. The van der Waals surface area contributed by atoms with Crippen molar-refractivity contribution in [2.75, 3.05) is 13.2 Å². The summed E-state index contributed by atoms with van der Waals surface area (Å²) in [5, 5.41) is 18.5. The van der Waals surface area contributed by atoms with Crippen LogP contribution in [0, 0.1) is 0 Å². The number of nitrogens with zero attached hydrogens (tertiary/aromatic N) is 1. The molecule has 0 spiro atoms. The molecule has 1 aliphatic rings. The summed E-state index contributed by atoms with van der Waals surface area (Å²) < 4.78 is 6.95. The van der Waals surface area contributed by atoms with Gasteiger partial charge < -0.3 is 9.84 Å². The molecule has 1 unspecified atom stereocenters. The van der Waals surface area contributed by atoms with Gasteiger partial charge in [0.25, 0.3) is 5.56 Å². The van der Waals surface area contributed by atoms with Crippen LogP contribution >= 0.6 is 34.7 Å². The number of nitrogens with one attached hydrogen (secondary N) is 1. The van der Waals surface area contributed by atoms with Crippen LogP contribution < -0.4 is 5.56 Å². The Hall–Kier alpha value is -2.71. The van der Waals surface area contributed by atoms with Crippen molar-refractivity contribution in [2.45, 2.75) is 22.3 Å². The first kappa shape index (κ1) is 22.1. The fourth-order valence-corrected chi connectivity index (χ4v) is 5.72. The van der Waals surface area contributed by atoms with Crippen molar-refractivity contribution in [3.8, 4) is 5.88 Å². The van der Waals surface area contributed by atoms with Gasteiger partial charge in [0, 0.05) is 4.90 Å². The Kier molecular flexibility index (Phi) is 6.46. The van der Waals surface area contributed by atoms with E-state index in [1.54, 1.807) is 17.4 Å². The van der Waals surface area contributed by atoms with Crippen LogP contribution in [0.15, 0.2) is 86.0 Å². The number of H-pyrrole nitrogens is 1. The van der Waals surface area contributed by atoms with E-state index in [9.17, 15) is 9.90 Å². The van der Waals surface area contributed by atoms with Gasteiger partial charge in [0.2, 0.25) is 5.88 Å². The third-order valence-corrected chi connectivity index (χ3v) is 7.88. The van der Waals surface area contributed by atoms with Crippen LogP contribution in [0.3, 0.4) is 0 Å². The summed E-state index contributed by atoms with van der Waals surface area (Å²) in [6, 6.07) is 17.2. The number of benzene rings is 2. The van der Waals surface area contributed by atoms with Crippen LogP contribution in [0.4, 0.5) is 0 Å². The summed E-state index contributed by atoms with van der Waals surface area (Å²) in [5.74, 6) is -0.114. The van der Waals surface area contributed by atoms with E-state index in [0.717, 1.165) is 41.5 Å². The van der Waals surface area contributed by atoms with Crippen LogP contribution in [0.5, 0.6) is 5.88 Å². The summed E-state index contributed by atoms with van der Waals surface area (Å²) in [6.45, 7) is 1.37. The van der Waals surface area contributed by atoms with Crippen molar-refractivity contribution in [3.63, 3.8) is 0 Å². The molecule has 2 aromatic carbocycles. The lowest BCUT2D eigenvalue weighted by molar-refractivity contribution is 0.161. The number of aromatic hydroxyl groups is 1. The van der Waals surface area contributed by atoms with Gasteiger partial charge in [-0.2, -0.15) is 11.3 Å². The fourth-order valence-electron chi connectivity index (χ4n) is 3.93. The molecule has 8 heteroatoms. The molecule has 0 saturated heterocycles. The lowest BCUT2D eigenvalue weighted by Crippen LogP contribution is -2.15. The molecule has 0 bridgehead atoms. The van der Waals surface area contributed by atoms with Gasteiger partial charge in [0.15, 0.2) is 0 Å². The highest BCUT2D eigenvalue weighted by molar-refractivity contribution is 7.99. The molecule has 5 rings (SSSR count). The molecule has 168 valence electrons. The molecule has 33 heavy (non-hydrogen) atoms. The van der Waals surface area contributed by atoms with Crippen molar-refractivity contribution in [1.82, 2.24) is 9.78 Å². The third-order valence-electron chi connectivity index (χ3n) is 5.59. The molecular formula is C25H21ClN2O3S2. The lowest BCUT2D eigenvalue weighted by Gasteiger charge is -2.20. The lowest BCUT2D eigenvalue weighted by atomic mass is 9.96. The van der Waals surface area contributed by atoms with Crippen molar-refractivity contribution >= 4 is 40.3 Å². The number of hydrogen-bond donors (Lipinski definition) is 2. The molecule has 0 amide bonds. The van der Waals surface area contributed by atoms with Crippen LogP contribution in [0.1, 0.15) is 29.2 Å². The molecule has 2 N–H and O–H groups in total. The van der Waals surface area contributed by atoms with Gasteiger partial charge >= 0.3 is 0 Å². The predicted molar refractivity (Wildman–Crippen MR) is 134 cm³/mol. The molecule has 4 aromatic rings. The maximum absolute atomic E-state index is 12.8. The highest BCUT2D eigenvalue weighted by Gasteiger charge is 2.25. The van der Waals surface area contributed by atoms with Gasteiger partial charge in [-0.3, -0.25) is 9.89 Å². The van der Waals surface area contributed by atoms with Crippen LogP contribution in [-0.2, 0) is 4.74 Å². The largest absolute Gasteiger partial charge is 0.493 e. The second-order valence-electron chi connectivity index (χ2n) is 7.63. The van der Waals surface area contributed by atoms with Crippen LogP contribution in [-0.4, -0.2) is 28.1 Å². The summed E-state index contributed by atoms with van der Waals surface area (Å²) >= 11 is 9.00. The number of hydrogen-bond acceptors (Lipinski definition) is 5. The smallest absolute Gasteiger partial charge is 0.282 e. The Labute approximate surface area is 204 Å². The normalized spacial score (nSPS) is 14.8. The molecular weight excluding hydrogens is 476 g/mol. The van der Waals surface area contributed by atoms with Gasteiger partial charge in [-0.1, -0.05) is 65.8 Å². The average Bonchev–Trinajstić information content (AvgIpc) is 3.46. The first-order valence-corrected chi connectivity index (χ1v) is 12.6. The first-order chi connectivity index (χ1) is 16.1. The quantitative estimate of drug-likeness (QED) is 0.334. The van der Waals surface area contributed by atoms with E-state index in [0.29, 0.717) is 16.5 Å². The van der Waals surface area contributed by atoms with Gasteiger partial charge in [-0.05, 0) is 57.6 Å². The minimum atomic E-state index is -0.373. The molecule has 1 aliphatic heterocycles. The topological polar surface area (TPSA) is 67.2 Å². The Morgan fingerprint density at radius 1 is 1.12 bits per heavy atom. The zero-order valence-electron chi connectivity index (χ0n) is 17.5. The molecule has 0 fully saturated rings.